The Morgan fingerprint density at radius 2 is 1.93 bits per heavy atom. The summed E-state index contributed by atoms with van der Waals surface area (Å²) in [7, 11) is 1.64. The van der Waals surface area contributed by atoms with E-state index in [9.17, 15) is 19.8 Å². The second-order valence-corrected chi connectivity index (χ2v) is 7.11. The van der Waals surface area contributed by atoms with Crippen LogP contribution in [0.3, 0.4) is 0 Å². The number of pyridine rings is 1. The number of hydrogen-bond acceptors (Lipinski definition) is 4. The number of aliphatic carboxylic acids is 1. The summed E-state index contributed by atoms with van der Waals surface area (Å²) in [5.74, 6) is -2.17. The number of carboxylic acid groups (broad SMARTS) is 2. The van der Waals surface area contributed by atoms with Crippen LogP contribution in [-0.2, 0) is 17.3 Å². The SMILES string of the molecule is CC[C@](C(=O)O)(c1ccc(C(=O)O)c(C)c1)c1c(-c2ccccn2)nn(C)c1Cl. The van der Waals surface area contributed by atoms with Gasteiger partial charge in [0.05, 0.1) is 11.3 Å². The number of hydrogen-bond donors (Lipinski definition) is 2. The fraction of sp³-hybridized carbons (Fsp3) is 0.238. The molecule has 2 N–H and O–H groups in total. The summed E-state index contributed by atoms with van der Waals surface area (Å²) in [6.45, 7) is 3.39. The van der Waals surface area contributed by atoms with E-state index in [4.69, 9.17) is 11.6 Å². The van der Waals surface area contributed by atoms with Gasteiger partial charge in [-0.25, -0.2) is 4.79 Å². The molecule has 0 amide bonds. The summed E-state index contributed by atoms with van der Waals surface area (Å²) in [5.41, 5.74) is 0.699. The van der Waals surface area contributed by atoms with Gasteiger partial charge in [0.2, 0.25) is 0 Å². The first-order valence-electron chi connectivity index (χ1n) is 8.96. The third-order valence-corrected chi connectivity index (χ3v) is 5.59. The Morgan fingerprint density at radius 1 is 1.21 bits per heavy atom. The van der Waals surface area contributed by atoms with Gasteiger partial charge in [-0.3, -0.25) is 14.5 Å². The summed E-state index contributed by atoms with van der Waals surface area (Å²) >= 11 is 6.56. The smallest absolute Gasteiger partial charge is 0.335 e. The fourth-order valence-corrected chi connectivity index (χ4v) is 3.93. The molecule has 3 rings (SSSR count). The van der Waals surface area contributed by atoms with E-state index in [0.717, 1.165) is 0 Å². The largest absolute Gasteiger partial charge is 0.480 e. The first-order chi connectivity index (χ1) is 13.7. The van der Waals surface area contributed by atoms with Crippen molar-refractivity contribution < 1.29 is 19.8 Å². The molecule has 0 unspecified atom stereocenters. The van der Waals surface area contributed by atoms with Crippen molar-refractivity contribution in [2.24, 2.45) is 7.05 Å². The third kappa shape index (κ3) is 3.27. The van der Waals surface area contributed by atoms with E-state index in [1.54, 1.807) is 51.4 Å². The number of aromatic nitrogens is 3. The van der Waals surface area contributed by atoms with Crippen molar-refractivity contribution in [3.05, 3.63) is 70.0 Å². The zero-order valence-electron chi connectivity index (χ0n) is 16.2. The minimum atomic E-state index is -1.53. The average Bonchev–Trinajstić information content (AvgIpc) is 2.99. The van der Waals surface area contributed by atoms with Crippen LogP contribution < -0.4 is 0 Å². The Balaban J connectivity index is 2.36. The summed E-state index contributed by atoms with van der Waals surface area (Å²) < 4.78 is 1.42. The Hall–Kier alpha value is -3.19. The van der Waals surface area contributed by atoms with Gasteiger partial charge in [-0.05, 0) is 42.7 Å². The zero-order chi connectivity index (χ0) is 21.3. The highest BCUT2D eigenvalue weighted by atomic mass is 35.5. The van der Waals surface area contributed by atoms with Crippen LogP contribution in [0.4, 0.5) is 0 Å². The molecule has 0 saturated carbocycles. The molecular weight excluding hydrogens is 394 g/mol. The standard InChI is InChI=1S/C21H20ClN3O4/c1-4-21(20(28)29,13-8-9-14(19(26)27)12(2)11-13)16-17(24-25(3)18(16)22)15-7-5-6-10-23-15/h5-11H,4H2,1-3H3,(H,26,27)(H,28,29)/t21-/m0/s1. The summed E-state index contributed by atoms with van der Waals surface area (Å²) in [6.07, 6.45) is 1.78. The van der Waals surface area contributed by atoms with Crippen molar-refractivity contribution >= 4 is 23.5 Å². The average molecular weight is 414 g/mol. The summed E-state index contributed by atoms with van der Waals surface area (Å²) in [4.78, 5) is 28.4. The Kier molecular flexibility index (Phi) is 5.44. The van der Waals surface area contributed by atoms with Crippen molar-refractivity contribution in [2.45, 2.75) is 25.7 Å². The minimum Gasteiger partial charge on any atom is -0.480 e. The minimum absolute atomic E-state index is 0.117. The van der Waals surface area contributed by atoms with Crippen LogP contribution in [0, 0.1) is 6.92 Å². The van der Waals surface area contributed by atoms with Gasteiger partial charge in [0.15, 0.2) is 0 Å². The first-order valence-corrected chi connectivity index (χ1v) is 9.34. The van der Waals surface area contributed by atoms with Crippen LogP contribution in [0.1, 0.15) is 40.4 Å². The fourth-order valence-electron chi connectivity index (χ4n) is 3.64. The van der Waals surface area contributed by atoms with Gasteiger partial charge in [0, 0.05) is 18.8 Å². The number of aromatic carboxylic acids is 1. The predicted molar refractivity (Wildman–Crippen MR) is 108 cm³/mol. The molecule has 1 aromatic carbocycles. The first kappa shape index (κ1) is 20.5. The second-order valence-electron chi connectivity index (χ2n) is 6.75. The van der Waals surface area contributed by atoms with Gasteiger partial charge in [0.1, 0.15) is 16.3 Å². The molecule has 0 fully saturated rings. The molecule has 0 aliphatic rings. The van der Waals surface area contributed by atoms with Crippen LogP contribution >= 0.6 is 11.6 Å². The summed E-state index contributed by atoms with van der Waals surface area (Å²) in [5, 5.41) is 24.3. The van der Waals surface area contributed by atoms with Gasteiger partial charge < -0.3 is 10.2 Å². The molecule has 0 spiro atoms. The lowest BCUT2D eigenvalue weighted by Gasteiger charge is -2.30. The topological polar surface area (TPSA) is 105 Å². The van der Waals surface area contributed by atoms with Crippen molar-refractivity contribution in [3.63, 3.8) is 0 Å². The number of rotatable bonds is 6. The van der Waals surface area contributed by atoms with Gasteiger partial charge in [0.25, 0.3) is 0 Å². The maximum Gasteiger partial charge on any atom is 0.335 e. The molecule has 7 nitrogen and oxygen atoms in total. The molecule has 0 aliphatic carbocycles. The van der Waals surface area contributed by atoms with Gasteiger partial charge >= 0.3 is 11.9 Å². The van der Waals surface area contributed by atoms with Crippen LogP contribution in [-0.4, -0.2) is 36.9 Å². The Labute approximate surface area is 172 Å². The highest BCUT2D eigenvalue weighted by Crippen LogP contribution is 2.44. The molecular formula is C21H20ClN3O4. The predicted octanol–water partition coefficient (Wildman–Crippen LogP) is 3.92. The maximum atomic E-state index is 12.7. The van der Waals surface area contributed by atoms with Crippen molar-refractivity contribution in [1.29, 1.82) is 0 Å². The van der Waals surface area contributed by atoms with Gasteiger partial charge in [-0.1, -0.05) is 36.7 Å². The molecule has 3 aromatic rings. The van der Waals surface area contributed by atoms with Crippen LogP contribution in [0.2, 0.25) is 5.15 Å². The van der Waals surface area contributed by atoms with Crippen molar-refractivity contribution in [2.75, 3.05) is 0 Å². The Morgan fingerprint density at radius 3 is 2.45 bits per heavy atom. The monoisotopic (exact) mass is 413 g/mol. The highest BCUT2D eigenvalue weighted by molar-refractivity contribution is 6.31. The molecule has 0 saturated heterocycles. The number of halogens is 1. The third-order valence-electron chi connectivity index (χ3n) is 5.16. The number of aryl methyl sites for hydroxylation is 2. The lowest BCUT2D eigenvalue weighted by Crippen LogP contribution is -2.37. The molecule has 150 valence electrons. The lowest BCUT2D eigenvalue weighted by atomic mass is 9.71. The maximum absolute atomic E-state index is 12.7. The van der Waals surface area contributed by atoms with Crippen molar-refractivity contribution in [1.82, 2.24) is 14.8 Å². The van der Waals surface area contributed by atoms with E-state index < -0.39 is 17.4 Å². The molecule has 1 atom stereocenters. The van der Waals surface area contributed by atoms with E-state index in [2.05, 4.69) is 10.1 Å². The molecule has 2 aromatic heterocycles. The number of nitrogens with zero attached hydrogens (tertiary/aromatic N) is 3. The normalized spacial score (nSPS) is 13.1. The van der Waals surface area contributed by atoms with Crippen LogP contribution in [0.5, 0.6) is 0 Å². The van der Waals surface area contributed by atoms with E-state index in [-0.39, 0.29) is 17.1 Å². The van der Waals surface area contributed by atoms with Gasteiger partial charge in [-0.15, -0.1) is 0 Å². The molecule has 0 bridgehead atoms. The molecule has 29 heavy (non-hydrogen) atoms. The van der Waals surface area contributed by atoms with E-state index in [1.165, 1.54) is 16.8 Å². The summed E-state index contributed by atoms with van der Waals surface area (Å²) in [6, 6.07) is 9.82. The quantitative estimate of drug-likeness (QED) is 0.634. The molecule has 8 heteroatoms. The zero-order valence-corrected chi connectivity index (χ0v) is 16.9. The molecule has 2 heterocycles. The van der Waals surface area contributed by atoms with Gasteiger partial charge in [-0.2, -0.15) is 5.10 Å². The van der Waals surface area contributed by atoms with E-state index in [0.29, 0.717) is 28.1 Å². The van der Waals surface area contributed by atoms with E-state index in [1.807, 2.05) is 0 Å². The lowest BCUT2D eigenvalue weighted by molar-refractivity contribution is -0.142. The van der Waals surface area contributed by atoms with Crippen LogP contribution in [0.15, 0.2) is 42.6 Å². The second kappa shape index (κ2) is 7.67. The number of carboxylic acids is 2. The van der Waals surface area contributed by atoms with Crippen molar-refractivity contribution in [3.8, 4) is 11.4 Å². The molecule has 0 radical (unpaired) electrons. The highest BCUT2D eigenvalue weighted by Gasteiger charge is 2.46. The molecule has 0 aliphatic heterocycles. The van der Waals surface area contributed by atoms with Crippen LogP contribution in [0.25, 0.3) is 11.4 Å². The number of benzene rings is 1. The number of carbonyl (C=O) groups is 2. The Bertz CT molecular complexity index is 1090. The van der Waals surface area contributed by atoms with E-state index >= 15 is 0 Å².